The summed E-state index contributed by atoms with van der Waals surface area (Å²) in [4.78, 5) is 0. The van der Waals surface area contributed by atoms with Crippen LogP contribution in [0.5, 0.6) is 0 Å². The Morgan fingerprint density at radius 3 is 2.18 bits per heavy atom. The Balaban J connectivity index is 0.00000116. The van der Waals surface area contributed by atoms with Gasteiger partial charge in [-0.05, 0) is 39.1 Å². The zero-order valence-electron chi connectivity index (χ0n) is 13.6. The van der Waals surface area contributed by atoms with Crippen molar-refractivity contribution in [3.05, 3.63) is 91.6 Å². The van der Waals surface area contributed by atoms with E-state index in [0.717, 1.165) is 22.3 Å². The van der Waals surface area contributed by atoms with Crippen LogP contribution < -0.4 is 0 Å². The maximum Gasteiger partial charge on any atom is -0.00273 e. The van der Waals surface area contributed by atoms with Crippen molar-refractivity contribution in [2.75, 3.05) is 0 Å². The first-order valence-corrected chi connectivity index (χ1v) is 7.53. The average molecular weight is 288 g/mol. The van der Waals surface area contributed by atoms with Gasteiger partial charge in [0, 0.05) is 0 Å². The summed E-state index contributed by atoms with van der Waals surface area (Å²) in [6, 6.07) is 10.4. The first-order chi connectivity index (χ1) is 10.8. The monoisotopic (exact) mass is 288 g/mol. The Morgan fingerprint density at radius 2 is 1.64 bits per heavy atom. The summed E-state index contributed by atoms with van der Waals surface area (Å²) in [6.45, 7) is 19.6. The van der Waals surface area contributed by atoms with Gasteiger partial charge in [-0.2, -0.15) is 0 Å². The molecule has 0 radical (unpaired) electrons. The van der Waals surface area contributed by atoms with E-state index in [1.807, 2.05) is 50.3 Å². The van der Waals surface area contributed by atoms with E-state index in [4.69, 9.17) is 0 Å². The van der Waals surface area contributed by atoms with E-state index in [0.29, 0.717) is 0 Å². The molecule has 0 unspecified atom stereocenters. The zero-order chi connectivity index (χ0) is 16.5. The third-order valence-electron chi connectivity index (χ3n) is 3.35. The highest BCUT2D eigenvalue weighted by Gasteiger charge is 2.11. The maximum absolute atomic E-state index is 3.95. The van der Waals surface area contributed by atoms with Gasteiger partial charge in [0.2, 0.25) is 0 Å². The second-order valence-corrected chi connectivity index (χ2v) is 4.45. The van der Waals surface area contributed by atoms with Crippen LogP contribution in [0.3, 0.4) is 0 Å². The number of benzene rings is 2. The van der Waals surface area contributed by atoms with E-state index >= 15 is 0 Å². The molecule has 0 saturated heterocycles. The van der Waals surface area contributed by atoms with Gasteiger partial charge in [-0.1, -0.05) is 94.8 Å². The van der Waals surface area contributed by atoms with Gasteiger partial charge < -0.3 is 0 Å². The minimum atomic E-state index is 1.04. The highest BCUT2D eigenvalue weighted by atomic mass is 14.1. The molecule has 0 nitrogen and oxygen atoms in total. The Hall–Kier alpha value is -2.60. The smallest absolute Gasteiger partial charge is 0.00273 e. The summed E-state index contributed by atoms with van der Waals surface area (Å²) in [5.41, 5.74) is 4.31. The van der Waals surface area contributed by atoms with E-state index in [-0.39, 0.29) is 0 Å². The van der Waals surface area contributed by atoms with Crippen LogP contribution in [0.4, 0.5) is 0 Å². The molecule has 0 fully saturated rings. The van der Waals surface area contributed by atoms with E-state index in [9.17, 15) is 0 Å². The molecule has 2 aromatic rings. The number of hydrogen-bond donors (Lipinski definition) is 0. The average Bonchev–Trinajstić information content (AvgIpc) is 2.59. The van der Waals surface area contributed by atoms with Gasteiger partial charge >= 0.3 is 0 Å². The van der Waals surface area contributed by atoms with Gasteiger partial charge in [0.15, 0.2) is 0 Å². The highest BCUT2D eigenvalue weighted by molar-refractivity contribution is 6.01. The summed E-state index contributed by atoms with van der Waals surface area (Å²) in [5, 5.41) is 2.36. The lowest BCUT2D eigenvalue weighted by Crippen LogP contribution is -1.93. The molecule has 0 N–H and O–H groups in total. The Bertz CT molecular complexity index is 727. The number of rotatable bonds is 5. The predicted molar refractivity (Wildman–Crippen MR) is 104 cm³/mol. The molecule has 0 bridgehead atoms. The zero-order valence-corrected chi connectivity index (χ0v) is 13.6. The van der Waals surface area contributed by atoms with Gasteiger partial charge in [-0.15, -0.1) is 0 Å². The van der Waals surface area contributed by atoms with Gasteiger partial charge in [0.1, 0.15) is 0 Å². The van der Waals surface area contributed by atoms with Crippen LogP contribution in [0.25, 0.3) is 28.5 Å². The Labute approximate surface area is 134 Å². The van der Waals surface area contributed by atoms with Crippen LogP contribution in [-0.2, 0) is 0 Å². The minimum absolute atomic E-state index is 1.04. The van der Waals surface area contributed by atoms with E-state index in [1.54, 1.807) is 6.08 Å². The van der Waals surface area contributed by atoms with Crippen LogP contribution in [0.2, 0.25) is 0 Å². The van der Waals surface area contributed by atoms with Crippen LogP contribution >= 0.6 is 0 Å². The Kier molecular flexibility index (Phi) is 6.85. The summed E-state index contributed by atoms with van der Waals surface area (Å²) in [6.07, 6.45) is 9.33. The largest absolute Gasteiger partial charge is 0.0990 e. The van der Waals surface area contributed by atoms with Crippen molar-refractivity contribution in [2.45, 2.75) is 13.8 Å². The molecule has 0 atom stereocenters. The second kappa shape index (κ2) is 8.63. The quantitative estimate of drug-likeness (QED) is 0.524. The van der Waals surface area contributed by atoms with Gasteiger partial charge in [0.25, 0.3) is 0 Å². The first-order valence-electron chi connectivity index (χ1n) is 7.53. The second-order valence-electron chi connectivity index (χ2n) is 4.45. The lowest BCUT2D eigenvalue weighted by Gasteiger charge is -2.15. The molecule has 0 amide bonds. The normalized spacial score (nSPS) is 10.4. The molecule has 22 heavy (non-hydrogen) atoms. The van der Waals surface area contributed by atoms with E-state index in [2.05, 4.69) is 44.5 Å². The third kappa shape index (κ3) is 3.35. The van der Waals surface area contributed by atoms with Gasteiger partial charge in [0.05, 0.1) is 0 Å². The van der Waals surface area contributed by atoms with Crippen molar-refractivity contribution in [3.63, 3.8) is 0 Å². The van der Waals surface area contributed by atoms with Crippen molar-refractivity contribution < 1.29 is 0 Å². The third-order valence-corrected chi connectivity index (χ3v) is 3.35. The van der Waals surface area contributed by atoms with E-state index < -0.39 is 0 Å². The molecule has 2 aromatic carbocycles. The van der Waals surface area contributed by atoms with Gasteiger partial charge in [-0.25, -0.2) is 0 Å². The van der Waals surface area contributed by atoms with Crippen molar-refractivity contribution in [1.82, 2.24) is 0 Å². The Morgan fingerprint density at radius 1 is 0.955 bits per heavy atom. The molecule has 0 heteroatoms. The highest BCUT2D eigenvalue weighted by Crippen LogP contribution is 2.33. The lowest BCUT2D eigenvalue weighted by molar-refractivity contribution is 1.50. The maximum atomic E-state index is 3.95. The molecule has 0 spiro atoms. The van der Waals surface area contributed by atoms with Crippen LogP contribution in [0.1, 0.15) is 30.5 Å². The van der Waals surface area contributed by atoms with Crippen molar-refractivity contribution >= 4 is 28.5 Å². The van der Waals surface area contributed by atoms with Crippen LogP contribution in [0, 0.1) is 0 Å². The molecular weight excluding hydrogens is 264 g/mol. The summed E-state index contributed by atoms with van der Waals surface area (Å²) in [5.74, 6) is 0. The SMILES string of the molecule is C=C/C=C(\C=C)c1c(C=C)c(C=C)cc2ccccc12.CC. The van der Waals surface area contributed by atoms with E-state index in [1.165, 1.54) is 10.8 Å². The predicted octanol–water partition coefficient (Wildman–Crippen LogP) is 6.91. The molecular formula is C22H24. The molecule has 0 aromatic heterocycles. The summed E-state index contributed by atoms with van der Waals surface area (Å²) < 4.78 is 0. The number of hydrogen-bond acceptors (Lipinski definition) is 0. The summed E-state index contributed by atoms with van der Waals surface area (Å²) in [7, 11) is 0. The standard InChI is InChI=1S/C20H18.C2H6/c1-5-11-15(6-2)20-18(8-4)16(7-3)14-17-12-9-10-13-19(17)20;1-2/h5-14H,1-4H2;1-2H3/b15-11+;. The van der Waals surface area contributed by atoms with Crippen LogP contribution in [0.15, 0.2) is 74.9 Å². The fraction of sp³-hybridized carbons (Fsp3) is 0.0909. The number of fused-ring (bicyclic) bond motifs is 1. The summed E-state index contributed by atoms with van der Waals surface area (Å²) >= 11 is 0. The molecule has 0 aliphatic carbocycles. The number of allylic oxidation sites excluding steroid dienone is 4. The van der Waals surface area contributed by atoms with Crippen LogP contribution in [-0.4, -0.2) is 0 Å². The molecule has 0 aliphatic heterocycles. The molecule has 0 heterocycles. The van der Waals surface area contributed by atoms with Crippen molar-refractivity contribution in [3.8, 4) is 0 Å². The fourth-order valence-electron chi connectivity index (χ4n) is 2.47. The molecule has 0 saturated carbocycles. The topological polar surface area (TPSA) is 0 Å². The minimum Gasteiger partial charge on any atom is -0.0990 e. The van der Waals surface area contributed by atoms with Crippen molar-refractivity contribution in [2.24, 2.45) is 0 Å². The van der Waals surface area contributed by atoms with Gasteiger partial charge in [-0.3, -0.25) is 0 Å². The molecule has 2 rings (SSSR count). The lowest BCUT2D eigenvalue weighted by atomic mass is 9.89. The molecule has 112 valence electrons. The first kappa shape index (κ1) is 17.5. The van der Waals surface area contributed by atoms with Crippen molar-refractivity contribution in [1.29, 1.82) is 0 Å². The fourth-order valence-corrected chi connectivity index (χ4v) is 2.47. The molecule has 0 aliphatic rings.